The van der Waals surface area contributed by atoms with E-state index in [0.29, 0.717) is 13.2 Å². The number of hydrogen-bond acceptors (Lipinski definition) is 3. The minimum atomic E-state index is -0.0814. The van der Waals surface area contributed by atoms with Crippen molar-refractivity contribution in [1.29, 1.82) is 0 Å². The van der Waals surface area contributed by atoms with Gasteiger partial charge in [0.2, 0.25) is 5.56 Å². The van der Waals surface area contributed by atoms with Crippen LogP contribution in [0.2, 0.25) is 0 Å². The molecule has 0 spiro atoms. The average Bonchev–Trinajstić information content (AvgIpc) is 2.58. The fourth-order valence-corrected chi connectivity index (χ4v) is 2.55. The van der Waals surface area contributed by atoms with Gasteiger partial charge in [-0.15, -0.1) is 0 Å². The number of aromatic nitrogens is 1. The van der Waals surface area contributed by atoms with E-state index in [1.165, 1.54) is 0 Å². The number of para-hydroxylation sites is 1. The molecule has 0 radical (unpaired) electrons. The minimum Gasteiger partial charge on any atom is -0.496 e. The first kappa shape index (κ1) is 15.3. The fraction of sp³-hybridized carbons (Fsp3) is 0.211. The van der Waals surface area contributed by atoms with Crippen molar-refractivity contribution in [2.24, 2.45) is 0 Å². The number of fused-ring (bicyclic) bond motifs is 1. The highest BCUT2D eigenvalue weighted by atomic mass is 16.5. The fourth-order valence-electron chi connectivity index (χ4n) is 2.55. The monoisotopic (exact) mass is 309 g/mol. The molecule has 0 bridgehead atoms. The molecule has 1 N–H and O–H groups in total. The van der Waals surface area contributed by atoms with Crippen molar-refractivity contribution >= 4 is 10.9 Å². The Morgan fingerprint density at radius 1 is 1.04 bits per heavy atom. The molecule has 0 unspecified atom stereocenters. The summed E-state index contributed by atoms with van der Waals surface area (Å²) in [5.41, 5.74) is 2.96. The van der Waals surface area contributed by atoms with Gasteiger partial charge in [0.05, 0.1) is 20.3 Å². The third-order valence-electron chi connectivity index (χ3n) is 3.78. The summed E-state index contributed by atoms with van der Waals surface area (Å²) in [7, 11) is 1.66. The van der Waals surface area contributed by atoms with Crippen LogP contribution in [-0.4, -0.2) is 18.7 Å². The van der Waals surface area contributed by atoms with Crippen LogP contribution in [0, 0.1) is 0 Å². The van der Waals surface area contributed by atoms with Gasteiger partial charge in [-0.2, -0.15) is 0 Å². The summed E-state index contributed by atoms with van der Waals surface area (Å²) in [5.74, 6) is 0.843. The number of hydrogen-bond donors (Lipinski definition) is 1. The van der Waals surface area contributed by atoms with Crippen LogP contribution in [0.4, 0.5) is 0 Å². The van der Waals surface area contributed by atoms with Crippen LogP contribution < -0.4 is 10.3 Å². The summed E-state index contributed by atoms with van der Waals surface area (Å²) < 4.78 is 11.1. The van der Waals surface area contributed by atoms with Crippen molar-refractivity contribution < 1.29 is 9.47 Å². The molecule has 2 aromatic carbocycles. The maximum atomic E-state index is 11.4. The van der Waals surface area contributed by atoms with E-state index < -0.39 is 0 Å². The smallest absolute Gasteiger partial charge is 0.248 e. The van der Waals surface area contributed by atoms with Crippen LogP contribution in [0.1, 0.15) is 11.1 Å². The lowest BCUT2D eigenvalue weighted by Crippen LogP contribution is -2.03. The van der Waals surface area contributed by atoms with Crippen LogP contribution in [0.15, 0.2) is 59.4 Å². The maximum absolute atomic E-state index is 11.4. The van der Waals surface area contributed by atoms with Crippen molar-refractivity contribution in [2.45, 2.75) is 13.0 Å². The number of nitrogens with one attached hydrogen (secondary N) is 1. The van der Waals surface area contributed by atoms with E-state index in [1.807, 2.05) is 42.5 Å². The Labute approximate surface area is 134 Å². The summed E-state index contributed by atoms with van der Waals surface area (Å²) in [6.45, 7) is 1.13. The number of aromatic amines is 1. The quantitative estimate of drug-likeness (QED) is 0.711. The summed E-state index contributed by atoms with van der Waals surface area (Å²) in [6, 6.07) is 17.3. The molecule has 23 heavy (non-hydrogen) atoms. The summed E-state index contributed by atoms with van der Waals surface area (Å²) in [5, 5.41) is 1.03. The summed E-state index contributed by atoms with van der Waals surface area (Å²) >= 11 is 0. The van der Waals surface area contributed by atoms with Gasteiger partial charge in [0.15, 0.2) is 0 Å². The number of rotatable bonds is 6. The SMILES string of the molecule is COc1ccccc1COCCc1ccc2ccc(=O)[nH]c2c1. The number of methoxy groups -OCH3 is 1. The molecule has 1 aromatic heterocycles. The first-order valence-electron chi connectivity index (χ1n) is 7.58. The molecule has 0 aliphatic rings. The van der Waals surface area contributed by atoms with Crippen molar-refractivity contribution in [3.8, 4) is 5.75 Å². The Morgan fingerprint density at radius 2 is 1.87 bits per heavy atom. The molecule has 0 fully saturated rings. The van der Waals surface area contributed by atoms with Gasteiger partial charge in [-0.05, 0) is 35.6 Å². The summed E-state index contributed by atoms with van der Waals surface area (Å²) in [6.07, 6.45) is 0.794. The minimum absolute atomic E-state index is 0.0814. The molecule has 0 saturated heterocycles. The van der Waals surface area contributed by atoms with E-state index in [-0.39, 0.29) is 5.56 Å². The van der Waals surface area contributed by atoms with Gasteiger partial charge < -0.3 is 14.5 Å². The highest BCUT2D eigenvalue weighted by Gasteiger charge is 2.02. The molecular weight excluding hydrogens is 290 g/mol. The molecule has 3 aromatic rings. The van der Waals surface area contributed by atoms with Gasteiger partial charge >= 0.3 is 0 Å². The van der Waals surface area contributed by atoms with E-state index in [1.54, 1.807) is 13.2 Å². The molecule has 0 aliphatic heterocycles. The zero-order valence-electron chi connectivity index (χ0n) is 13.0. The van der Waals surface area contributed by atoms with Gasteiger partial charge in [-0.25, -0.2) is 0 Å². The molecule has 4 nitrogen and oxygen atoms in total. The normalized spacial score (nSPS) is 10.8. The molecule has 0 atom stereocenters. The molecular formula is C19H19NO3. The van der Waals surface area contributed by atoms with Crippen molar-refractivity contribution in [2.75, 3.05) is 13.7 Å². The van der Waals surface area contributed by atoms with Gasteiger partial charge in [-0.1, -0.05) is 30.3 Å². The third kappa shape index (κ3) is 3.79. The zero-order valence-corrected chi connectivity index (χ0v) is 13.0. The summed E-state index contributed by atoms with van der Waals surface area (Å²) in [4.78, 5) is 14.2. The molecule has 3 rings (SSSR count). The topological polar surface area (TPSA) is 51.3 Å². The van der Waals surface area contributed by atoms with E-state index >= 15 is 0 Å². The van der Waals surface area contributed by atoms with Gasteiger partial charge in [-0.3, -0.25) is 4.79 Å². The second kappa shape index (κ2) is 7.11. The molecule has 1 heterocycles. The van der Waals surface area contributed by atoms with Gasteiger partial charge in [0, 0.05) is 17.1 Å². The predicted octanol–water partition coefficient (Wildman–Crippen LogP) is 3.30. The lowest BCUT2D eigenvalue weighted by atomic mass is 10.1. The van der Waals surface area contributed by atoms with Crippen molar-refractivity contribution in [3.05, 3.63) is 76.1 Å². The standard InChI is InChI=1S/C19H19NO3/c1-22-18-5-3-2-4-16(18)13-23-11-10-14-6-7-15-8-9-19(21)20-17(15)12-14/h2-9,12H,10-11,13H2,1H3,(H,20,21). The Bertz CT molecular complexity index is 854. The van der Waals surface area contributed by atoms with Crippen LogP contribution in [-0.2, 0) is 17.8 Å². The van der Waals surface area contributed by atoms with Crippen LogP contribution in [0.5, 0.6) is 5.75 Å². The van der Waals surface area contributed by atoms with Crippen LogP contribution in [0.25, 0.3) is 10.9 Å². The van der Waals surface area contributed by atoms with E-state index in [4.69, 9.17) is 9.47 Å². The van der Waals surface area contributed by atoms with E-state index in [2.05, 4.69) is 11.1 Å². The number of benzene rings is 2. The Kier molecular flexibility index (Phi) is 4.74. The van der Waals surface area contributed by atoms with Crippen LogP contribution in [0.3, 0.4) is 0 Å². The first-order chi connectivity index (χ1) is 11.3. The average molecular weight is 309 g/mol. The van der Waals surface area contributed by atoms with Crippen LogP contribution >= 0.6 is 0 Å². The lowest BCUT2D eigenvalue weighted by Gasteiger charge is -2.09. The molecule has 0 saturated carbocycles. The Hall–Kier alpha value is -2.59. The Morgan fingerprint density at radius 3 is 2.74 bits per heavy atom. The lowest BCUT2D eigenvalue weighted by molar-refractivity contribution is 0.122. The predicted molar refractivity (Wildman–Crippen MR) is 90.9 cm³/mol. The molecule has 0 amide bonds. The molecule has 118 valence electrons. The second-order valence-electron chi connectivity index (χ2n) is 5.36. The highest BCUT2D eigenvalue weighted by molar-refractivity contribution is 5.78. The van der Waals surface area contributed by atoms with E-state index in [9.17, 15) is 4.79 Å². The third-order valence-corrected chi connectivity index (χ3v) is 3.78. The second-order valence-corrected chi connectivity index (χ2v) is 5.36. The van der Waals surface area contributed by atoms with Gasteiger partial charge in [0.1, 0.15) is 5.75 Å². The Balaban J connectivity index is 1.59. The number of H-pyrrole nitrogens is 1. The molecule has 4 heteroatoms. The number of ether oxygens (including phenoxy) is 2. The van der Waals surface area contributed by atoms with Crippen molar-refractivity contribution in [3.63, 3.8) is 0 Å². The molecule has 0 aliphatic carbocycles. The largest absolute Gasteiger partial charge is 0.496 e. The van der Waals surface area contributed by atoms with E-state index in [0.717, 1.165) is 34.2 Å². The van der Waals surface area contributed by atoms with Crippen molar-refractivity contribution in [1.82, 2.24) is 4.98 Å². The maximum Gasteiger partial charge on any atom is 0.248 e. The van der Waals surface area contributed by atoms with Gasteiger partial charge in [0.25, 0.3) is 0 Å². The first-order valence-corrected chi connectivity index (χ1v) is 7.58. The number of pyridine rings is 1. The zero-order chi connectivity index (χ0) is 16.1. The highest BCUT2D eigenvalue weighted by Crippen LogP contribution is 2.18.